The van der Waals surface area contributed by atoms with Gasteiger partial charge < -0.3 is 0 Å². The summed E-state index contributed by atoms with van der Waals surface area (Å²) < 4.78 is 0. The summed E-state index contributed by atoms with van der Waals surface area (Å²) in [5.41, 5.74) is 12.8. The third kappa shape index (κ3) is 7.65. The van der Waals surface area contributed by atoms with E-state index in [0.29, 0.717) is 12.0 Å². The van der Waals surface area contributed by atoms with Gasteiger partial charge in [-0.2, -0.15) is 10.5 Å². The maximum absolute atomic E-state index is 9.38. The lowest BCUT2D eigenvalue weighted by Crippen LogP contribution is -2.08. The van der Waals surface area contributed by atoms with E-state index in [0.717, 1.165) is 79.7 Å². The highest BCUT2D eigenvalue weighted by Crippen LogP contribution is 2.42. The van der Waals surface area contributed by atoms with Crippen molar-refractivity contribution in [2.24, 2.45) is 0 Å². The Bertz CT molecular complexity index is 1890. The second-order valence-electron chi connectivity index (χ2n) is 11.3. The molecule has 3 nitrogen and oxygen atoms in total. The molecule has 0 bridgehead atoms. The highest BCUT2D eigenvalue weighted by atomic mass is 14.6. The number of nitrogens with zero attached hydrogens (tertiary/aromatic N) is 3. The number of hydrogen-bond donors (Lipinski definition) is 0. The van der Waals surface area contributed by atoms with Gasteiger partial charge in [0, 0.05) is 18.3 Å². The average Bonchev–Trinajstić information content (AvgIpc) is 3.07. The van der Waals surface area contributed by atoms with Crippen LogP contribution in [0.2, 0.25) is 0 Å². The molecule has 3 aromatic rings. The van der Waals surface area contributed by atoms with Crippen molar-refractivity contribution in [3.8, 4) is 23.3 Å². The third-order valence-electron chi connectivity index (χ3n) is 8.05. The quantitative estimate of drug-likeness (QED) is 0.163. The molecule has 1 heterocycles. The molecule has 0 spiro atoms. The summed E-state index contributed by atoms with van der Waals surface area (Å²) in [6.45, 7) is 21.5. The van der Waals surface area contributed by atoms with E-state index in [9.17, 15) is 5.26 Å². The molecule has 0 saturated carbocycles. The molecule has 1 unspecified atom stereocenters. The molecule has 3 heteroatoms. The Kier molecular flexibility index (Phi) is 11.4. The van der Waals surface area contributed by atoms with Crippen LogP contribution in [0.3, 0.4) is 0 Å². The van der Waals surface area contributed by atoms with Gasteiger partial charge in [0.25, 0.3) is 0 Å². The van der Waals surface area contributed by atoms with Crippen LogP contribution in [0.15, 0.2) is 164 Å². The SMILES string of the molecule is C=CC(=C(\C=C)C(C(=C)C)c1ccncc1)/C1=C(C)/C=C\CCC=C1c1cc(C(=C)/C=C\CC#N)cc(-c2ccc(C#N)cc2)c1. The Labute approximate surface area is 274 Å². The number of nitriles is 2. The van der Waals surface area contributed by atoms with E-state index in [1.54, 1.807) is 0 Å². The number of allylic oxidation sites excluding steroid dienone is 14. The first kappa shape index (κ1) is 33.1. The fourth-order valence-corrected chi connectivity index (χ4v) is 5.86. The molecule has 0 N–H and O–H groups in total. The van der Waals surface area contributed by atoms with E-state index in [1.807, 2.05) is 80.0 Å². The van der Waals surface area contributed by atoms with Gasteiger partial charge in [0.15, 0.2) is 0 Å². The van der Waals surface area contributed by atoms with Gasteiger partial charge in [-0.3, -0.25) is 4.98 Å². The zero-order valence-corrected chi connectivity index (χ0v) is 26.8. The first-order valence-electron chi connectivity index (χ1n) is 15.3. The maximum Gasteiger partial charge on any atom is 0.0991 e. The van der Waals surface area contributed by atoms with Gasteiger partial charge in [0.2, 0.25) is 0 Å². The summed E-state index contributed by atoms with van der Waals surface area (Å²) in [5, 5.41) is 18.5. The average molecular weight is 598 g/mol. The van der Waals surface area contributed by atoms with Crippen LogP contribution in [0, 0.1) is 22.7 Å². The van der Waals surface area contributed by atoms with E-state index in [1.165, 1.54) is 0 Å². The monoisotopic (exact) mass is 597 g/mol. The maximum atomic E-state index is 9.38. The van der Waals surface area contributed by atoms with Crippen molar-refractivity contribution >= 4 is 11.1 Å². The molecule has 46 heavy (non-hydrogen) atoms. The lowest BCUT2D eigenvalue weighted by atomic mass is 9.78. The number of benzene rings is 2. The fourth-order valence-electron chi connectivity index (χ4n) is 5.86. The molecular formula is C43H39N3. The topological polar surface area (TPSA) is 60.5 Å². The van der Waals surface area contributed by atoms with Gasteiger partial charge in [0.05, 0.1) is 24.1 Å². The minimum Gasteiger partial charge on any atom is -0.265 e. The molecule has 1 aliphatic carbocycles. The van der Waals surface area contributed by atoms with Gasteiger partial charge in [-0.15, -0.1) is 0 Å². The minimum atomic E-state index is -0.102. The number of pyridine rings is 1. The van der Waals surface area contributed by atoms with Crippen LogP contribution in [-0.4, -0.2) is 4.98 Å². The van der Waals surface area contributed by atoms with Crippen LogP contribution in [-0.2, 0) is 0 Å². The first-order valence-corrected chi connectivity index (χ1v) is 15.3. The molecule has 0 radical (unpaired) electrons. The van der Waals surface area contributed by atoms with Gasteiger partial charge in [0.1, 0.15) is 0 Å². The number of hydrogen-bond acceptors (Lipinski definition) is 3. The largest absolute Gasteiger partial charge is 0.265 e. The number of aromatic nitrogens is 1. The van der Waals surface area contributed by atoms with Gasteiger partial charge >= 0.3 is 0 Å². The van der Waals surface area contributed by atoms with Crippen molar-refractivity contribution in [1.29, 1.82) is 10.5 Å². The van der Waals surface area contributed by atoms with E-state index in [2.05, 4.69) is 86.8 Å². The zero-order chi connectivity index (χ0) is 33.1. The summed E-state index contributed by atoms with van der Waals surface area (Å²) in [7, 11) is 0. The van der Waals surface area contributed by atoms with Crippen molar-refractivity contribution < 1.29 is 0 Å². The summed E-state index contributed by atoms with van der Waals surface area (Å²) >= 11 is 0. The lowest BCUT2D eigenvalue weighted by molar-refractivity contribution is 0.937. The Morgan fingerprint density at radius 1 is 0.935 bits per heavy atom. The fraction of sp³-hybridized carbons (Fsp3) is 0.140. The van der Waals surface area contributed by atoms with Crippen LogP contribution in [0.25, 0.3) is 22.3 Å². The second kappa shape index (κ2) is 15.8. The van der Waals surface area contributed by atoms with Crippen LogP contribution in [0.5, 0.6) is 0 Å². The molecule has 1 atom stereocenters. The normalized spacial score (nSPS) is 16.5. The minimum absolute atomic E-state index is 0.102. The van der Waals surface area contributed by atoms with Crippen molar-refractivity contribution in [3.63, 3.8) is 0 Å². The van der Waals surface area contributed by atoms with E-state index < -0.39 is 0 Å². The summed E-state index contributed by atoms with van der Waals surface area (Å²) in [6, 6.07) is 22.5. The van der Waals surface area contributed by atoms with Crippen LogP contribution < -0.4 is 0 Å². The summed E-state index contributed by atoms with van der Waals surface area (Å²) in [4.78, 5) is 4.24. The Hall–Kier alpha value is -5.77. The van der Waals surface area contributed by atoms with Crippen molar-refractivity contribution in [1.82, 2.24) is 4.98 Å². The van der Waals surface area contributed by atoms with Crippen molar-refractivity contribution in [2.75, 3.05) is 0 Å². The predicted octanol–water partition coefficient (Wildman–Crippen LogP) is 11.2. The molecule has 0 fully saturated rings. The number of rotatable bonds is 11. The third-order valence-corrected chi connectivity index (χ3v) is 8.05. The Morgan fingerprint density at radius 2 is 1.65 bits per heavy atom. The molecule has 226 valence electrons. The molecule has 0 saturated heterocycles. The van der Waals surface area contributed by atoms with Crippen LogP contribution >= 0.6 is 0 Å². The predicted molar refractivity (Wildman–Crippen MR) is 193 cm³/mol. The molecule has 0 amide bonds. The van der Waals surface area contributed by atoms with E-state index >= 15 is 0 Å². The van der Waals surface area contributed by atoms with E-state index in [-0.39, 0.29) is 5.92 Å². The standard InChI is InChI=1S/C43H39N3/c1-7-39(42(30(3)4)35-21-24-46-25-22-35)40(8-2)43-32(6)15-10-9-11-16-41(43)38-27-36(31(5)14-12-13-23-44)26-37(28-38)34-19-17-33(29-45)18-20-34/h7-8,10,12,14-22,24-28,42H,1-3,5,9,11,13H2,4,6H3/b14-12-,15-10-,40-39-,41-16?,43-32-. The zero-order valence-electron chi connectivity index (χ0n) is 26.8. The van der Waals surface area contributed by atoms with Crippen molar-refractivity contribution in [3.05, 3.63) is 186 Å². The van der Waals surface area contributed by atoms with Crippen LogP contribution in [0.1, 0.15) is 61.3 Å². The molecule has 1 aromatic heterocycles. The van der Waals surface area contributed by atoms with Gasteiger partial charge in [-0.1, -0.05) is 86.6 Å². The van der Waals surface area contributed by atoms with Gasteiger partial charge in [-0.25, -0.2) is 0 Å². The molecular weight excluding hydrogens is 558 g/mol. The highest BCUT2D eigenvalue weighted by molar-refractivity contribution is 5.91. The van der Waals surface area contributed by atoms with Gasteiger partial charge in [-0.05, 0) is 130 Å². The smallest absolute Gasteiger partial charge is 0.0991 e. The van der Waals surface area contributed by atoms with E-state index in [4.69, 9.17) is 5.26 Å². The molecule has 0 aliphatic heterocycles. The summed E-state index contributed by atoms with van der Waals surface area (Å²) in [5.74, 6) is -0.102. The highest BCUT2D eigenvalue weighted by Gasteiger charge is 2.24. The second-order valence-corrected chi connectivity index (χ2v) is 11.3. The lowest BCUT2D eigenvalue weighted by Gasteiger charge is -2.26. The molecule has 1 aliphatic rings. The Morgan fingerprint density at radius 3 is 2.28 bits per heavy atom. The Balaban J connectivity index is 2.02. The van der Waals surface area contributed by atoms with Crippen LogP contribution in [0.4, 0.5) is 0 Å². The summed E-state index contributed by atoms with van der Waals surface area (Å²) in [6.07, 6.45) is 20.0. The van der Waals surface area contributed by atoms with Crippen molar-refractivity contribution in [2.45, 2.75) is 39.0 Å². The molecule has 2 aromatic carbocycles. The molecule has 4 rings (SSSR count). The first-order chi connectivity index (χ1) is 22.3.